The van der Waals surface area contributed by atoms with Gasteiger partial charge < -0.3 is 15.2 Å². The molecule has 1 heterocycles. The van der Waals surface area contributed by atoms with Crippen LogP contribution in [0.4, 0.5) is 4.39 Å². The van der Waals surface area contributed by atoms with Gasteiger partial charge in [-0.3, -0.25) is 9.59 Å². The van der Waals surface area contributed by atoms with Crippen LogP contribution in [0.15, 0.2) is 71.2 Å². The monoisotopic (exact) mass is 564 g/mol. The highest BCUT2D eigenvalue weighted by molar-refractivity contribution is 9.10. The molecule has 0 aliphatic carbocycles. The standard InChI is InChI=1S/C29H26BrFN2O4/c1-17-26(21-13-19(30)9-12-23(21)33-27(17)18-7-5-4-6-8-18)28(36)32-16-29(2,15-25(34)35)22-11-10-20(31)14-24(22)37-3/h4-14H,15-16H2,1-3H3,(H,32,36)(H,34,35). The van der Waals surface area contributed by atoms with Gasteiger partial charge in [-0.2, -0.15) is 0 Å². The number of fused-ring (bicyclic) bond motifs is 1. The number of carboxylic acid groups (broad SMARTS) is 1. The summed E-state index contributed by atoms with van der Waals surface area (Å²) in [6.45, 7) is 3.54. The molecule has 37 heavy (non-hydrogen) atoms. The SMILES string of the molecule is COc1cc(F)ccc1C(C)(CNC(=O)c1c(C)c(-c2ccccc2)nc2ccc(Br)cc12)CC(=O)O. The van der Waals surface area contributed by atoms with Crippen molar-refractivity contribution in [3.63, 3.8) is 0 Å². The van der Waals surface area contributed by atoms with E-state index in [1.54, 1.807) is 6.92 Å². The molecule has 1 atom stereocenters. The predicted octanol–water partition coefficient (Wildman–Crippen LogP) is 6.28. The number of hydrogen-bond donors (Lipinski definition) is 2. The molecule has 2 N–H and O–H groups in total. The van der Waals surface area contributed by atoms with Crippen molar-refractivity contribution in [3.05, 3.63) is 93.7 Å². The Balaban J connectivity index is 1.78. The summed E-state index contributed by atoms with van der Waals surface area (Å²) in [6.07, 6.45) is -0.299. The Kier molecular flexibility index (Phi) is 7.59. The summed E-state index contributed by atoms with van der Waals surface area (Å²) in [5, 5.41) is 13.3. The van der Waals surface area contributed by atoms with E-state index in [4.69, 9.17) is 9.72 Å². The van der Waals surface area contributed by atoms with Crippen LogP contribution in [0.1, 0.15) is 34.8 Å². The van der Waals surface area contributed by atoms with E-state index in [9.17, 15) is 19.1 Å². The maximum Gasteiger partial charge on any atom is 0.304 e. The van der Waals surface area contributed by atoms with E-state index in [1.807, 2.05) is 55.5 Å². The number of carbonyl (C=O) groups excluding carboxylic acids is 1. The maximum absolute atomic E-state index is 13.8. The van der Waals surface area contributed by atoms with E-state index < -0.39 is 17.2 Å². The molecule has 3 aromatic carbocycles. The predicted molar refractivity (Wildman–Crippen MR) is 145 cm³/mol. The number of hydrogen-bond acceptors (Lipinski definition) is 4. The number of methoxy groups -OCH3 is 1. The molecule has 1 aromatic heterocycles. The first kappa shape index (κ1) is 26.3. The molecule has 190 valence electrons. The quantitative estimate of drug-likeness (QED) is 0.263. The van der Waals surface area contributed by atoms with Crippen LogP contribution in [0.3, 0.4) is 0 Å². The molecule has 1 unspecified atom stereocenters. The number of nitrogens with zero attached hydrogens (tertiary/aromatic N) is 1. The lowest BCUT2D eigenvalue weighted by molar-refractivity contribution is -0.138. The van der Waals surface area contributed by atoms with Gasteiger partial charge in [0.25, 0.3) is 5.91 Å². The highest BCUT2D eigenvalue weighted by Gasteiger charge is 2.34. The summed E-state index contributed by atoms with van der Waals surface area (Å²) in [4.78, 5) is 30.4. The Morgan fingerprint density at radius 3 is 2.51 bits per heavy atom. The van der Waals surface area contributed by atoms with Crippen molar-refractivity contribution in [2.24, 2.45) is 0 Å². The van der Waals surface area contributed by atoms with Crippen LogP contribution in [0, 0.1) is 12.7 Å². The van der Waals surface area contributed by atoms with Crippen molar-refractivity contribution in [3.8, 4) is 17.0 Å². The largest absolute Gasteiger partial charge is 0.496 e. The number of amides is 1. The first-order valence-corrected chi connectivity index (χ1v) is 12.4. The van der Waals surface area contributed by atoms with E-state index >= 15 is 0 Å². The lowest BCUT2D eigenvalue weighted by Crippen LogP contribution is -2.40. The van der Waals surface area contributed by atoms with Crippen molar-refractivity contribution in [2.45, 2.75) is 25.7 Å². The third-order valence-corrected chi connectivity index (χ3v) is 6.95. The van der Waals surface area contributed by atoms with E-state index in [0.717, 1.165) is 10.0 Å². The molecule has 0 bridgehead atoms. The van der Waals surface area contributed by atoms with Crippen LogP contribution < -0.4 is 10.1 Å². The second-order valence-corrected chi connectivity index (χ2v) is 10.1. The zero-order valence-electron chi connectivity index (χ0n) is 20.6. The molecule has 8 heteroatoms. The van der Waals surface area contributed by atoms with E-state index in [-0.39, 0.29) is 24.6 Å². The number of aliphatic carboxylic acids is 1. The second-order valence-electron chi connectivity index (χ2n) is 9.15. The average Bonchev–Trinajstić information content (AvgIpc) is 2.87. The molecule has 0 radical (unpaired) electrons. The molecule has 0 fully saturated rings. The van der Waals surface area contributed by atoms with E-state index in [1.165, 1.54) is 25.3 Å². The fourth-order valence-corrected chi connectivity index (χ4v) is 4.98. The molecule has 0 spiro atoms. The molecule has 4 rings (SSSR count). The lowest BCUT2D eigenvalue weighted by atomic mass is 9.78. The molecule has 0 saturated carbocycles. The fraction of sp³-hybridized carbons (Fsp3) is 0.207. The van der Waals surface area contributed by atoms with Gasteiger partial charge >= 0.3 is 5.97 Å². The summed E-state index contributed by atoms with van der Waals surface area (Å²) >= 11 is 3.48. The minimum Gasteiger partial charge on any atom is -0.496 e. The number of carboxylic acids is 1. The minimum absolute atomic E-state index is 0.0158. The zero-order valence-corrected chi connectivity index (χ0v) is 22.2. The van der Waals surface area contributed by atoms with Crippen molar-refractivity contribution >= 4 is 38.7 Å². The summed E-state index contributed by atoms with van der Waals surface area (Å²) in [5.41, 5.74) is 2.80. The highest BCUT2D eigenvalue weighted by Crippen LogP contribution is 2.36. The highest BCUT2D eigenvalue weighted by atomic mass is 79.9. The first-order valence-electron chi connectivity index (χ1n) is 11.6. The molecule has 0 aliphatic heterocycles. The molecule has 6 nitrogen and oxygen atoms in total. The number of rotatable bonds is 8. The topological polar surface area (TPSA) is 88.5 Å². The molecule has 1 amide bonds. The summed E-state index contributed by atoms with van der Waals surface area (Å²) < 4.78 is 20.0. The molecule has 0 saturated heterocycles. The van der Waals surface area contributed by atoms with Gasteiger partial charge in [-0.1, -0.05) is 59.3 Å². The van der Waals surface area contributed by atoms with Gasteiger partial charge in [0.2, 0.25) is 0 Å². The van der Waals surface area contributed by atoms with Crippen molar-refractivity contribution in [1.29, 1.82) is 0 Å². The number of benzene rings is 3. The number of halogens is 2. The van der Waals surface area contributed by atoms with Gasteiger partial charge in [0.05, 0.1) is 30.3 Å². The summed E-state index contributed by atoms with van der Waals surface area (Å²) in [6, 6.07) is 19.1. The van der Waals surface area contributed by atoms with Crippen molar-refractivity contribution < 1.29 is 23.8 Å². The van der Waals surface area contributed by atoms with Crippen LogP contribution in [0.2, 0.25) is 0 Å². The maximum atomic E-state index is 13.8. The first-order chi connectivity index (χ1) is 17.6. The van der Waals surface area contributed by atoms with Crippen LogP contribution in [0.5, 0.6) is 5.75 Å². The lowest BCUT2D eigenvalue weighted by Gasteiger charge is -2.30. The number of nitrogens with one attached hydrogen (secondary N) is 1. The third kappa shape index (κ3) is 5.49. The van der Waals surface area contributed by atoms with Gasteiger partial charge in [0, 0.05) is 39.0 Å². The number of aromatic nitrogens is 1. The normalized spacial score (nSPS) is 12.7. The Labute approximate surface area is 222 Å². The Morgan fingerprint density at radius 2 is 1.84 bits per heavy atom. The van der Waals surface area contributed by atoms with Crippen molar-refractivity contribution in [2.75, 3.05) is 13.7 Å². The third-order valence-electron chi connectivity index (χ3n) is 6.46. The summed E-state index contributed by atoms with van der Waals surface area (Å²) in [5.74, 6) is -1.69. The second kappa shape index (κ2) is 10.7. The fourth-order valence-electron chi connectivity index (χ4n) is 4.61. The van der Waals surface area contributed by atoms with E-state index in [0.29, 0.717) is 33.3 Å². The molecule has 0 aliphatic rings. The minimum atomic E-state index is -1.07. The Bertz CT molecular complexity index is 1490. The summed E-state index contributed by atoms with van der Waals surface area (Å²) in [7, 11) is 1.40. The van der Waals surface area contributed by atoms with Crippen LogP contribution >= 0.6 is 15.9 Å². The van der Waals surface area contributed by atoms with Crippen LogP contribution in [-0.2, 0) is 10.2 Å². The molecular weight excluding hydrogens is 539 g/mol. The van der Waals surface area contributed by atoms with E-state index in [2.05, 4.69) is 21.2 Å². The zero-order chi connectivity index (χ0) is 26.7. The molecule has 4 aromatic rings. The van der Waals surface area contributed by atoms with Gasteiger partial charge in [0.1, 0.15) is 11.6 Å². The van der Waals surface area contributed by atoms with Gasteiger partial charge in [-0.25, -0.2) is 9.37 Å². The smallest absolute Gasteiger partial charge is 0.304 e. The van der Waals surface area contributed by atoms with Gasteiger partial charge in [-0.15, -0.1) is 0 Å². The number of ether oxygens (including phenoxy) is 1. The Hall–Kier alpha value is -3.78. The van der Waals surface area contributed by atoms with Gasteiger partial charge in [0.15, 0.2) is 0 Å². The van der Waals surface area contributed by atoms with Gasteiger partial charge in [-0.05, 0) is 36.8 Å². The Morgan fingerprint density at radius 1 is 1.11 bits per heavy atom. The van der Waals surface area contributed by atoms with Crippen LogP contribution in [-0.4, -0.2) is 35.6 Å². The number of carbonyl (C=O) groups is 2. The number of pyridine rings is 1. The molecular formula is C29H26BrFN2O4. The average molecular weight is 565 g/mol. The van der Waals surface area contributed by atoms with Crippen LogP contribution in [0.25, 0.3) is 22.2 Å². The van der Waals surface area contributed by atoms with Crippen molar-refractivity contribution in [1.82, 2.24) is 10.3 Å².